The Morgan fingerprint density at radius 3 is 2.22 bits per heavy atom. The van der Waals surface area contributed by atoms with Crippen LogP contribution in [0.5, 0.6) is 11.5 Å². The number of benzene rings is 3. The molecule has 0 bridgehead atoms. The first kappa shape index (κ1) is 47.2. The molecule has 1 atom stereocenters. The van der Waals surface area contributed by atoms with Crippen LogP contribution in [0.25, 0.3) is 16.7 Å². The van der Waals surface area contributed by atoms with E-state index in [0.29, 0.717) is 64.3 Å². The van der Waals surface area contributed by atoms with E-state index in [0.717, 1.165) is 32.1 Å². The predicted molar refractivity (Wildman–Crippen MR) is 241 cm³/mol. The highest BCUT2D eigenvalue weighted by atomic mass is 32.2. The molecule has 16 nitrogen and oxygen atoms in total. The molecule has 5 N–H and O–H groups in total. The summed E-state index contributed by atoms with van der Waals surface area (Å²) in [5, 5.41) is 20.5. The third-order valence-corrected chi connectivity index (χ3v) is 12.8. The van der Waals surface area contributed by atoms with Crippen LogP contribution in [0.3, 0.4) is 0 Å². The number of unbranched alkanes of at least 4 members (excludes halogenated alkanes) is 2. The Morgan fingerprint density at radius 2 is 1.51 bits per heavy atom. The van der Waals surface area contributed by atoms with Gasteiger partial charge in [0.2, 0.25) is 5.36 Å². The van der Waals surface area contributed by atoms with Crippen LogP contribution in [0.15, 0.2) is 66.8 Å². The van der Waals surface area contributed by atoms with Crippen molar-refractivity contribution >= 4 is 60.6 Å². The van der Waals surface area contributed by atoms with Gasteiger partial charge in [-0.15, -0.1) is 0 Å². The fourth-order valence-corrected chi connectivity index (χ4v) is 10.1. The second kappa shape index (κ2) is 18.6. The molecule has 3 aromatic rings. The molecule has 3 heterocycles. The number of carboxylic acid groups (broad SMARTS) is 1. The maximum Gasteiger partial charge on any atom is 0.407 e. The number of hydrogen-bond acceptors (Lipinski definition) is 12. The van der Waals surface area contributed by atoms with Gasteiger partial charge in [0.1, 0.15) is 17.6 Å². The number of carbonyl (C=O) groups excluding carboxylic acids is 2. The summed E-state index contributed by atoms with van der Waals surface area (Å²) in [4.78, 5) is 42.3. The van der Waals surface area contributed by atoms with Gasteiger partial charge in [0.15, 0.2) is 5.54 Å². The molecular weight excluding hydrogens is 877 g/mol. The summed E-state index contributed by atoms with van der Waals surface area (Å²) in [6.45, 7) is 7.93. The van der Waals surface area contributed by atoms with Crippen molar-refractivity contribution in [1.29, 1.82) is 0 Å². The number of alkyl carbamates (subject to hydrolysis) is 1. The zero-order valence-corrected chi connectivity index (χ0v) is 38.3. The van der Waals surface area contributed by atoms with E-state index in [9.17, 15) is 45.4 Å². The monoisotopic (exact) mass is 929 g/mol. The van der Waals surface area contributed by atoms with Gasteiger partial charge in [-0.1, -0.05) is 24.3 Å². The molecule has 18 heteroatoms. The maximum absolute atomic E-state index is 13.5. The van der Waals surface area contributed by atoms with Gasteiger partial charge < -0.3 is 39.6 Å². The first-order chi connectivity index (χ1) is 30.5. The average molecular weight is 930 g/mol. The number of carboxylic acids is 1. The highest BCUT2D eigenvalue weighted by Gasteiger charge is 2.34. The van der Waals surface area contributed by atoms with Crippen LogP contribution in [-0.4, -0.2) is 90.8 Å². The number of rotatable bonds is 14. The Kier molecular flexibility index (Phi) is 13.5. The summed E-state index contributed by atoms with van der Waals surface area (Å²) < 4.78 is 85.0. The highest BCUT2D eigenvalue weighted by Crippen LogP contribution is 2.45. The molecule has 0 saturated heterocycles. The van der Waals surface area contributed by atoms with Crippen LogP contribution in [0.4, 0.5) is 10.5 Å². The van der Waals surface area contributed by atoms with Crippen molar-refractivity contribution in [3.63, 3.8) is 0 Å². The number of nitrogens with one attached hydrogen (secondary N) is 4. The lowest BCUT2D eigenvalue weighted by Gasteiger charge is -2.34. The molecule has 65 heavy (non-hydrogen) atoms. The summed E-state index contributed by atoms with van der Waals surface area (Å²) in [5.74, 6) is -3.01. The van der Waals surface area contributed by atoms with Crippen LogP contribution in [0, 0.1) is 0 Å². The lowest BCUT2D eigenvalue weighted by Crippen LogP contribution is -2.89. The summed E-state index contributed by atoms with van der Waals surface area (Å²) >= 11 is 0. The molecule has 346 valence electrons. The van der Waals surface area contributed by atoms with Crippen LogP contribution in [-0.2, 0) is 25.0 Å². The third kappa shape index (κ3) is 11.7. The standard InChI is InChI=1S/C47H54N4O12S2/c1-46(2)24-29(26-64(56,57)58)33-20-36-40(22-38(33)50-46)63-41-23-39-34(30(27-65(59,60)61)25-47(3,4)51-39)21-37(41)42(36)32-16-15-28(19-35(32)44(53)54)43(52)48-17-11-8-12-18-49-45(55)62-31-13-9-6-5-7-10-14-31/h5-6,15-16,19-25,31,50H,7-14,17-18,26-27H2,1-4H3,(H,48,52)(H,49,55)(H,53,54)(H,56,57,58)(H,59,60,61)/p-1/b6-5+. The van der Waals surface area contributed by atoms with Gasteiger partial charge in [-0.25, -0.2) is 31.4 Å². The minimum absolute atomic E-state index is 0.0684. The SMILES string of the molecule is CC1(C)C=C(CS(=O)(=O)[O-])c2cc3c(cc2N1)Oc1cc2c(cc1=C3c1ccc(C(=O)NCCCCCNC(=O)OC3CC/C=C/CCC3)cc1C(=O)O)C(CS(=O)(=O)[O-])=CC(C)(C)[NH+]=2. The Bertz CT molecular complexity index is 2900. The van der Waals surface area contributed by atoms with E-state index < -0.39 is 60.8 Å². The fourth-order valence-electron chi connectivity index (χ4n) is 8.86. The molecular formula is C47H53N4O12S2-. The van der Waals surface area contributed by atoms with Crippen molar-refractivity contribution in [3.8, 4) is 11.5 Å². The summed E-state index contributed by atoms with van der Waals surface area (Å²) in [6, 6.07) is 10.8. The molecule has 3 aliphatic heterocycles. The van der Waals surface area contributed by atoms with Gasteiger partial charge in [-0.3, -0.25) is 4.79 Å². The molecule has 1 aliphatic carbocycles. The molecule has 0 saturated carbocycles. The van der Waals surface area contributed by atoms with E-state index in [1.165, 1.54) is 18.2 Å². The number of ether oxygens (including phenoxy) is 2. The number of anilines is 1. The normalized spacial score (nSPS) is 18.7. The third-order valence-electron chi connectivity index (χ3n) is 11.5. The minimum atomic E-state index is -4.76. The van der Waals surface area contributed by atoms with Crippen molar-refractivity contribution in [2.45, 2.75) is 96.2 Å². The summed E-state index contributed by atoms with van der Waals surface area (Å²) in [5.41, 5.74) is 0.638. The lowest BCUT2D eigenvalue weighted by atomic mass is 9.84. The number of hydrogen-bond donors (Lipinski definition) is 5. The molecule has 0 spiro atoms. The van der Waals surface area contributed by atoms with E-state index in [1.54, 1.807) is 64.1 Å². The zero-order chi connectivity index (χ0) is 46.9. The molecule has 1 unspecified atom stereocenters. The van der Waals surface area contributed by atoms with Crippen LogP contribution in [0.2, 0.25) is 0 Å². The Morgan fingerprint density at radius 1 is 0.815 bits per heavy atom. The summed E-state index contributed by atoms with van der Waals surface area (Å²) in [7, 11) is -9.51. The average Bonchev–Trinajstić information content (AvgIpc) is 3.17. The largest absolute Gasteiger partial charge is 0.748 e. The second-order valence-corrected chi connectivity index (χ2v) is 20.8. The molecule has 0 fully saturated rings. The van der Waals surface area contributed by atoms with Crippen LogP contribution >= 0.6 is 0 Å². The second-order valence-electron chi connectivity index (χ2n) is 18.0. The van der Waals surface area contributed by atoms with E-state index in [1.807, 2.05) is 0 Å². The van der Waals surface area contributed by atoms with Gasteiger partial charge in [0, 0.05) is 66.2 Å². The Hall–Kier alpha value is -5.82. The number of carbonyl (C=O) groups is 3. The number of allylic oxidation sites excluding steroid dienone is 2. The minimum Gasteiger partial charge on any atom is -0.748 e. The number of amides is 2. The number of fused-ring (bicyclic) bond motifs is 4. The van der Waals surface area contributed by atoms with Gasteiger partial charge in [-0.05, 0) is 112 Å². The summed E-state index contributed by atoms with van der Waals surface area (Å²) in [6.07, 6.45) is 13.4. The first-order valence-corrected chi connectivity index (χ1v) is 24.7. The van der Waals surface area contributed by atoms with Crippen molar-refractivity contribution < 1.29 is 59.9 Å². The van der Waals surface area contributed by atoms with Crippen LogP contribution in [0.1, 0.15) is 122 Å². The quantitative estimate of drug-likeness (QED) is 0.0686. The van der Waals surface area contributed by atoms with Crippen LogP contribution < -0.4 is 36.3 Å². The van der Waals surface area contributed by atoms with E-state index >= 15 is 0 Å². The lowest BCUT2D eigenvalue weighted by molar-refractivity contribution is -0.568. The molecule has 0 radical (unpaired) electrons. The van der Waals surface area contributed by atoms with Crippen molar-refractivity contribution in [1.82, 2.24) is 10.6 Å². The number of aromatic carboxylic acids is 1. The molecule has 2 amide bonds. The van der Waals surface area contributed by atoms with Gasteiger partial charge in [0.05, 0.1) is 54.5 Å². The molecule has 3 aromatic carbocycles. The highest BCUT2D eigenvalue weighted by molar-refractivity contribution is 7.86. The molecule has 0 aromatic heterocycles. The fraction of sp³-hybridized carbons (Fsp3) is 0.404. The van der Waals surface area contributed by atoms with E-state index in [4.69, 9.17) is 9.47 Å². The van der Waals surface area contributed by atoms with Crippen molar-refractivity contribution in [2.75, 3.05) is 29.9 Å². The van der Waals surface area contributed by atoms with E-state index in [2.05, 4.69) is 33.1 Å². The van der Waals surface area contributed by atoms with E-state index in [-0.39, 0.29) is 52.0 Å². The van der Waals surface area contributed by atoms with Crippen molar-refractivity contribution in [3.05, 3.63) is 111 Å². The van der Waals surface area contributed by atoms with Gasteiger partial charge >= 0.3 is 12.1 Å². The Labute approximate surface area is 378 Å². The van der Waals surface area contributed by atoms with Gasteiger partial charge in [0.25, 0.3) is 5.91 Å². The molecule has 7 rings (SSSR count). The maximum atomic E-state index is 13.5. The topological polar surface area (TPSA) is 254 Å². The first-order valence-electron chi connectivity index (χ1n) is 21.6. The zero-order valence-electron chi connectivity index (χ0n) is 36.7. The smallest absolute Gasteiger partial charge is 0.407 e. The van der Waals surface area contributed by atoms with Gasteiger partial charge in [-0.2, -0.15) is 0 Å². The Balaban J connectivity index is 1.20. The van der Waals surface area contributed by atoms with Crippen molar-refractivity contribution in [2.24, 2.45) is 0 Å². The predicted octanol–water partition coefficient (Wildman–Crippen LogP) is 3.81. The molecule has 4 aliphatic rings.